The molecule has 0 aliphatic rings. The topological polar surface area (TPSA) is 38.9 Å². The van der Waals surface area contributed by atoms with Gasteiger partial charge in [-0.2, -0.15) is 0 Å². The maximum atomic E-state index is 5.75. The van der Waals surface area contributed by atoms with E-state index in [0.29, 0.717) is 16.1 Å². The van der Waals surface area contributed by atoms with Gasteiger partial charge < -0.3 is 4.42 Å². The van der Waals surface area contributed by atoms with Crippen molar-refractivity contribution < 1.29 is 4.42 Å². The third-order valence-electron chi connectivity index (χ3n) is 1.49. The van der Waals surface area contributed by atoms with Crippen LogP contribution in [0, 0.1) is 6.92 Å². The van der Waals surface area contributed by atoms with Crippen LogP contribution in [0.2, 0.25) is 10.3 Å². The minimum absolute atomic E-state index is 0.238. The zero-order valence-electron chi connectivity index (χ0n) is 8.14. The molecule has 0 radical (unpaired) electrons. The SMILES string of the molecule is CC.Cc1cc2c(Cl)nnc(Cl)c2o1. The van der Waals surface area contributed by atoms with Crippen molar-refractivity contribution >= 4 is 34.2 Å². The Morgan fingerprint density at radius 2 is 1.71 bits per heavy atom. The summed E-state index contributed by atoms with van der Waals surface area (Å²) in [5, 5.41) is 8.51. The summed E-state index contributed by atoms with van der Waals surface area (Å²) in [5.74, 6) is 0.739. The van der Waals surface area contributed by atoms with Crippen LogP contribution in [-0.4, -0.2) is 10.2 Å². The van der Waals surface area contributed by atoms with Crippen molar-refractivity contribution in [2.75, 3.05) is 0 Å². The number of aryl methyl sites for hydroxylation is 1. The number of aromatic nitrogens is 2. The smallest absolute Gasteiger partial charge is 0.195 e. The molecular formula is C9H10Cl2N2O. The lowest BCUT2D eigenvalue weighted by atomic mass is 10.3. The Labute approximate surface area is 92.0 Å². The lowest BCUT2D eigenvalue weighted by Gasteiger charge is -1.90. The molecule has 2 heterocycles. The van der Waals surface area contributed by atoms with Gasteiger partial charge in [0.1, 0.15) is 5.76 Å². The van der Waals surface area contributed by atoms with Gasteiger partial charge in [0, 0.05) is 0 Å². The van der Waals surface area contributed by atoms with Crippen molar-refractivity contribution in [3.63, 3.8) is 0 Å². The van der Waals surface area contributed by atoms with Crippen LogP contribution in [0.3, 0.4) is 0 Å². The second-order valence-electron chi connectivity index (χ2n) is 2.38. The Balaban J connectivity index is 0.000000461. The van der Waals surface area contributed by atoms with Gasteiger partial charge in [0.25, 0.3) is 0 Å². The van der Waals surface area contributed by atoms with Gasteiger partial charge in [0.2, 0.25) is 0 Å². The molecule has 0 aromatic carbocycles. The minimum Gasteiger partial charge on any atom is -0.458 e. The maximum Gasteiger partial charge on any atom is 0.195 e. The van der Waals surface area contributed by atoms with E-state index in [4.69, 9.17) is 27.6 Å². The number of nitrogens with zero attached hydrogens (tertiary/aromatic N) is 2. The Morgan fingerprint density at radius 3 is 2.29 bits per heavy atom. The van der Waals surface area contributed by atoms with Crippen molar-refractivity contribution in [2.45, 2.75) is 20.8 Å². The van der Waals surface area contributed by atoms with E-state index in [1.807, 2.05) is 20.8 Å². The zero-order valence-corrected chi connectivity index (χ0v) is 9.65. The summed E-state index contributed by atoms with van der Waals surface area (Å²) in [6.07, 6.45) is 0. The molecule has 2 aromatic rings. The molecule has 0 aliphatic carbocycles. The van der Waals surface area contributed by atoms with E-state index in [9.17, 15) is 0 Å². The second-order valence-corrected chi connectivity index (χ2v) is 3.10. The van der Waals surface area contributed by atoms with Gasteiger partial charge >= 0.3 is 0 Å². The molecule has 5 heteroatoms. The molecule has 0 fully saturated rings. The molecule has 2 rings (SSSR count). The van der Waals surface area contributed by atoms with E-state index in [1.165, 1.54) is 0 Å². The van der Waals surface area contributed by atoms with Crippen LogP contribution in [-0.2, 0) is 0 Å². The lowest BCUT2D eigenvalue weighted by Crippen LogP contribution is -1.82. The number of fused-ring (bicyclic) bond motifs is 1. The summed E-state index contributed by atoms with van der Waals surface area (Å²) in [6, 6.07) is 1.78. The Morgan fingerprint density at radius 1 is 1.14 bits per heavy atom. The highest BCUT2D eigenvalue weighted by Gasteiger charge is 2.10. The molecule has 0 spiro atoms. The number of hydrogen-bond donors (Lipinski definition) is 0. The van der Waals surface area contributed by atoms with Crippen molar-refractivity contribution in [3.8, 4) is 0 Å². The quantitative estimate of drug-likeness (QED) is 0.693. The number of halogens is 2. The fourth-order valence-electron chi connectivity index (χ4n) is 1.01. The molecule has 14 heavy (non-hydrogen) atoms. The number of rotatable bonds is 0. The monoisotopic (exact) mass is 232 g/mol. The van der Waals surface area contributed by atoms with Gasteiger partial charge in [0.15, 0.2) is 15.9 Å². The van der Waals surface area contributed by atoms with Gasteiger partial charge in [-0.15, -0.1) is 10.2 Å². The van der Waals surface area contributed by atoms with Crippen LogP contribution in [0.5, 0.6) is 0 Å². The first-order valence-corrected chi connectivity index (χ1v) is 5.02. The molecule has 0 saturated heterocycles. The molecule has 0 saturated carbocycles. The van der Waals surface area contributed by atoms with Crippen molar-refractivity contribution in [2.24, 2.45) is 0 Å². The summed E-state index contributed by atoms with van der Waals surface area (Å²) in [5.41, 5.74) is 0.495. The molecule has 0 N–H and O–H groups in total. The predicted octanol–water partition coefficient (Wildman–Crippen LogP) is 3.86. The van der Waals surface area contributed by atoms with Gasteiger partial charge in [-0.25, -0.2) is 0 Å². The molecule has 0 atom stereocenters. The molecule has 0 bridgehead atoms. The largest absolute Gasteiger partial charge is 0.458 e. The highest BCUT2D eigenvalue weighted by molar-refractivity contribution is 6.37. The first-order chi connectivity index (χ1) is 6.68. The summed E-state index contributed by atoms with van der Waals surface area (Å²) in [7, 11) is 0. The average molecular weight is 233 g/mol. The van der Waals surface area contributed by atoms with E-state index in [2.05, 4.69) is 10.2 Å². The van der Waals surface area contributed by atoms with Crippen LogP contribution in [0.25, 0.3) is 11.0 Å². The van der Waals surface area contributed by atoms with Gasteiger partial charge in [-0.3, -0.25) is 0 Å². The molecule has 2 aromatic heterocycles. The van der Waals surface area contributed by atoms with Crippen molar-refractivity contribution in [1.82, 2.24) is 10.2 Å². The third-order valence-corrected chi connectivity index (χ3v) is 2.02. The Bertz CT molecular complexity index is 401. The first-order valence-electron chi connectivity index (χ1n) is 4.26. The lowest BCUT2D eigenvalue weighted by molar-refractivity contribution is 0.576. The maximum absolute atomic E-state index is 5.75. The van der Waals surface area contributed by atoms with E-state index in [1.54, 1.807) is 6.07 Å². The van der Waals surface area contributed by atoms with Crippen molar-refractivity contribution in [1.29, 1.82) is 0 Å². The van der Waals surface area contributed by atoms with Crippen LogP contribution in [0.1, 0.15) is 19.6 Å². The Hall–Kier alpha value is -0.800. The second kappa shape index (κ2) is 4.62. The van der Waals surface area contributed by atoms with Crippen LogP contribution in [0.15, 0.2) is 10.5 Å². The molecule has 0 unspecified atom stereocenters. The molecule has 0 amide bonds. The molecule has 76 valence electrons. The van der Waals surface area contributed by atoms with Crippen LogP contribution < -0.4 is 0 Å². The summed E-state index contributed by atoms with van der Waals surface area (Å²) >= 11 is 11.5. The van der Waals surface area contributed by atoms with Gasteiger partial charge in [-0.1, -0.05) is 37.0 Å². The standard InChI is InChI=1S/C7H4Cl2N2O.C2H6/c1-3-2-4-5(12-3)7(9)11-10-6(4)8;1-2/h2H,1H3;1-2H3. The third kappa shape index (κ3) is 1.99. The number of hydrogen-bond acceptors (Lipinski definition) is 3. The average Bonchev–Trinajstić information content (AvgIpc) is 2.58. The van der Waals surface area contributed by atoms with Crippen LogP contribution in [0.4, 0.5) is 0 Å². The predicted molar refractivity (Wildman–Crippen MR) is 57.9 cm³/mol. The summed E-state index contributed by atoms with van der Waals surface area (Å²) in [6.45, 7) is 5.81. The highest BCUT2D eigenvalue weighted by atomic mass is 35.5. The fourth-order valence-corrected chi connectivity index (χ4v) is 1.36. The van der Waals surface area contributed by atoms with Crippen LogP contribution >= 0.6 is 23.2 Å². The Kier molecular flexibility index (Phi) is 3.72. The minimum atomic E-state index is 0.238. The molecule has 0 aliphatic heterocycles. The molecule has 3 nitrogen and oxygen atoms in total. The van der Waals surface area contributed by atoms with Gasteiger partial charge in [0.05, 0.1) is 5.39 Å². The van der Waals surface area contributed by atoms with E-state index in [-0.39, 0.29) is 5.15 Å². The van der Waals surface area contributed by atoms with Gasteiger partial charge in [-0.05, 0) is 13.0 Å². The summed E-state index contributed by atoms with van der Waals surface area (Å²) in [4.78, 5) is 0. The highest BCUT2D eigenvalue weighted by Crippen LogP contribution is 2.28. The summed E-state index contributed by atoms with van der Waals surface area (Å²) < 4.78 is 5.26. The van der Waals surface area contributed by atoms with E-state index < -0.39 is 0 Å². The number of furan rings is 1. The molecular weight excluding hydrogens is 223 g/mol. The van der Waals surface area contributed by atoms with E-state index >= 15 is 0 Å². The van der Waals surface area contributed by atoms with Crippen molar-refractivity contribution in [3.05, 3.63) is 22.1 Å². The zero-order chi connectivity index (χ0) is 10.7. The first kappa shape index (κ1) is 11.3. The normalized spacial score (nSPS) is 9.79. The fraction of sp³-hybridized carbons (Fsp3) is 0.333. The van der Waals surface area contributed by atoms with E-state index in [0.717, 1.165) is 5.76 Å².